The van der Waals surface area contributed by atoms with Gasteiger partial charge in [0.15, 0.2) is 0 Å². The fourth-order valence-electron chi connectivity index (χ4n) is 1.50. The standard InChI is InChI=1S/C11H12N4O2/c1-7(2)15-10(11(16)17)5-8(14-15)9-6-12-3-4-13-9/h3-7H,1-2H3,(H,16,17). The maximum Gasteiger partial charge on any atom is 0.354 e. The van der Waals surface area contributed by atoms with E-state index in [-0.39, 0.29) is 11.7 Å². The van der Waals surface area contributed by atoms with Gasteiger partial charge in [0.1, 0.15) is 17.1 Å². The zero-order valence-electron chi connectivity index (χ0n) is 9.53. The fourth-order valence-corrected chi connectivity index (χ4v) is 1.50. The number of nitrogens with zero attached hydrogens (tertiary/aromatic N) is 4. The molecule has 0 aliphatic rings. The van der Waals surface area contributed by atoms with Gasteiger partial charge in [-0.25, -0.2) is 4.79 Å². The van der Waals surface area contributed by atoms with E-state index in [4.69, 9.17) is 5.11 Å². The van der Waals surface area contributed by atoms with Crippen molar-refractivity contribution in [3.8, 4) is 11.4 Å². The fraction of sp³-hybridized carbons (Fsp3) is 0.273. The normalized spacial score (nSPS) is 10.8. The largest absolute Gasteiger partial charge is 0.477 e. The number of hydrogen-bond donors (Lipinski definition) is 1. The van der Waals surface area contributed by atoms with Gasteiger partial charge >= 0.3 is 5.97 Å². The number of carboxylic acid groups (broad SMARTS) is 1. The highest BCUT2D eigenvalue weighted by molar-refractivity contribution is 5.87. The Bertz CT molecular complexity index is 534. The number of carboxylic acids is 1. The van der Waals surface area contributed by atoms with Crippen LogP contribution >= 0.6 is 0 Å². The highest BCUT2D eigenvalue weighted by Crippen LogP contribution is 2.18. The molecule has 0 aliphatic carbocycles. The van der Waals surface area contributed by atoms with Crippen LogP contribution in [-0.4, -0.2) is 30.8 Å². The Morgan fingerprint density at radius 1 is 1.35 bits per heavy atom. The van der Waals surface area contributed by atoms with Gasteiger partial charge in [-0.1, -0.05) is 0 Å². The van der Waals surface area contributed by atoms with Crippen molar-refractivity contribution < 1.29 is 9.90 Å². The van der Waals surface area contributed by atoms with Crippen LogP contribution in [0.25, 0.3) is 11.4 Å². The Balaban J connectivity index is 2.51. The molecule has 0 radical (unpaired) electrons. The average Bonchev–Trinajstić information content (AvgIpc) is 2.75. The van der Waals surface area contributed by atoms with E-state index < -0.39 is 5.97 Å². The molecule has 2 aromatic heterocycles. The minimum absolute atomic E-state index is 0.0217. The summed E-state index contributed by atoms with van der Waals surface area (Å²) in [6.07, 6.45) is 4.66. The summed E-state index contributed by atoms with van der Waals surface area (Å²) >= 11 is 0. The van der Waals surface area contributed by atoms with E-state index >= 15 is 0 Å². The predicted molar refractivity (Wildman–Crippen MR) is 60.6 cm³/mol. The summed E-state index contributed by atoms with van der Waals surface area (Å²) in [6.45, 7) is 3.75. The van der Waals surface area contributed by atoms with Gasteiger partial charge in [-0.15, -0.1) is 0 Å². The summed E-state index contributed by atoms with van der Waals surface area (Å²) in [5.74, 6) is -0.999. The van der Waals surface area contributed by atoms with Crippen LogP contribution in [0.5, 0.6) is 0 Å². The molecule has 2 rings (SSSR count). The lowest BCUT2D eigenvalue weighted by molar-refractivity contribution is 0.0681. The first-order valence-corrected chi connectivity index (χ1v) is 5.19. The first kappa shape index (κ1) is 11.3. The second kappa shape index (κ2) is 4.32. The maximum atomic E-state index is 11.1. The smallest absolute Gasteiger partial charge is 0.354 e. The molecule has 6 nitrogen and oxygen atoms in total. The van der Waals surface area contributed by atoms with Gasteiger partial charge in [0.25, 0.3) is 0 Å². The topological polar surface area (TPSA) is 80.9 Å². The summed E-state index contributed by atoms with van der Waals surface area (Å²) in [5, 5.41) is 13.3. The summed E-state index contributed by atoms with van der Waals surface area (Å²) in [7, 11) is 0. The molecule has 0 saturated heterocycles. The second-order valence-electron chi connectivity index (χ2n) is 3.85. The zero-order chi connectivity index (χ0) is 12.4. The predicted octanol–water partition coefficient (Wildman–Crippen LogP) is 1.62. The van der Waals surface area contributed by atoms with Crippen LogP contribution in [0.3, 0.4) is 0 Å². The molecule has 2 heterocycles. The molecule has 0 amide bonds. The SMILES string of the molecule is CC(C)n1nc(-c2cnccn2)cc1C(=O)O. The third-order valence-corrected chi connectivity index (χ3v) is 2.27. The minimum atomic E-state index is -0.999. The Hall–Kier alpha value is -2.24. The first-order valence-electron chi connectivity index (χ1n) is 5.19. The molecule has 0 aromatic carbocycles. The van der Waals surface area contributed by atoms with E-state index in [9.17, 15) is 4.79 Å². The van der Waals surface area contributed by atoms with E-state index in [1.54, 1.807) is 18.6 Å². The molecule has 17 heavy (non-hydrogen) atoms. The van der Waals surface area contributed by atoms with Crippen molar-refractivity contribution in [2.75, 3.05) is 0 Å². The lowest BCUT2D eigenvalue weighted by Crippen LogP contribution is -2.11. The highest BCUT2D eigenvalue weighted by atomic mass is 16.4. The molecule has 6 heteroatoms. The first-order chi connectivity index (χ1) is 8.09. The third-order valence-electron chi connectivity index (χ3n) is 2.27. The molecule has 0 atom stereocenters. The molecule has 0 saturated carbocycles. The Morgan fingerprint density at radius 3 is 2.59 bits per heavy atom. The maximum absolute atomic E-state index is 11.1. The lowest BCUT2D eigenvalue weighted by atomic mass is 10.3. The van der Waals surface area contributed by atoms with Crippen molar-refractivity contribution in [2.24, 2.45) is 0 Å². The number of aromatic carboxylic acids is 1. The molecule has 0 aliphatic heterocycles. The highest BCUT2D eigenvalue weighted by Gasteiger charge is 2.17. The minimum Gasteiger partial charge on any atom is -0.477 e. The molecule has 0 spiro atoms. The number of carbonyl (C=O) groups is 1. The molecule has 88 valence electrons. The zero-order valence-corrected chi connectivity index (χ0v) is 9.53. The van der Waals surface area contributed by atoms with Crippen LogP contribution in [0.15, 0.2) is 24.7 Å². The van der Waals surface area contributed by atoms with Gasteiger partial charge in [0.2, 0.25) is 0 Å². The summed E-state index contributed by atoms with van der Waals surface area (Å²) < 4.78 is 1.46. The van der Waals surface area contributed by atoms with E-state index in [0.29, 0.717) is 11.4 Å². The van der Waals surface area contributed by atoms with Crippen LogP contribution < -0.4 is 0 Å². The van der Waals surface area contributed by atoms with Crippen molar-refractivity contribution in [3.05, 3.63) is 30.4 Å². The van der Waals surface area contributed by atoms with Gasteiger partial charge in [0, 0.05) is 24.5 Å². The van der Waals surface area contributed by atoms with Gasteiger partial charge in [-0.3, -0.25) is 14.6 Å². The van der Waals surface area contributed by atoms with Gasteiger partial charge < -0.3 is 5.11 Å². The van der Waals surface area contributed by atoms with E-state index in [2.05, 4.69) is 15.1 Å². The number of rotatable bonds is 3. The summed E-state index contributed by atoms with van der Waals surface area (Å²) in [5.41, 5.74) is 1.24. The van der Waals surface area contributed by atoms with Crippen molar-refractivity contribution >= 4 is 5.97 Å². The van der Waals surface area contributed by atoms with Crippen LogP contribution in [0, 0.1) is 0 Å². The monoisotopic (exact) mass is 232 g/mol. The molecule has 0 unspecified atom stereocenters. The average molecular weight is 232 g/mol. The molecule has 0 bridgehead atoms. The van der Waals surface area contributed by atoms with Crippen LogP contribution in [0.2, 0.25) is 0 Å². The van der Waals surface area contributed by atoms with Gasteiger partial charge in [-0.2, -0.15) is 5.10 Å². The quantitative estimate of drug-likeness (QED) is 0.869. The van der Waals surface area contributed by atoms with E-state index in [0.717, 1.165) is 0 Å². The molecular formula is C11H12N4O2. The summed E-state index contributed by atoms with van der Waals surface area (Å²) in [6, 6.07) is 1.48. The molecule has 2 aromatic rings. The van der Waals surface area contributed by atoms with Crippen LogP contribution in [0.4, 0.5) is 0 Å². The third kappa shape index (κ3) is 2.15. The van der Waals surface area contributed by atoms with Gasteiger partial charge in [0.05, 0.1) is 6.20 Å². The Labute approximate surface area is 98.0 Å². The Kier molecular flexibility index (Phi) is 2.86. The van der Waals surface area contributed by atoms with Crippen LogP contribution in [-0.2, 0) is 0 Å². The van der Waals surface area contributed by atoms with Crippen molar-refractivity contribution in [3.63, 3.8) is 0 Å². The van der Waals surface area contributed by atoms with Gasteiger partial charge in [-0.05, 0) is 13.8 Å². The number of aromatic nitrogens is 4. The number of hydrogen-bond acceptors (Lipinski definition) is 4. The van der Waals surface area contributed by atoms with E-state index in [1.807, 2.05) is 13.8 Å². The second-order valence-corrected chi connectivity index (χ2v) is 3.85. The van der Waals surface area contributed by atoms with E-state index in [1.165, 1.54) is 10.7 Å². The van der Waals surface area contributed by atoms with Crippen LogP contribution in [0.1, 0.15) is 30.4 Å². The molecule has 1 N–H and O–H groups in total. The van der Waals surface area contributed by atoms with Crippen molar-refractivity contribution in [1.29, 1.82) is 0 Å². The molecular weight excluding hydrogens is 220 g/mol. The summed E-state index contributed by atoms with van der Waals surface area (Å²) in [4.78, 5) is 19.1. The molecule has 0 fully saturated rings. The van der Waals surface area contributed by atoms with Crippen molar-refractivity contribution in [2.45, 2.75) is 19.9 Å². The lowest BCUT2D eigenvalue weighted by Gasteiger charge is -2.07. The van der Waals surface area contributed by atoms with Crippen molar-refractivity contribution in [1.82, 2.24) is 19.7 Å². The Morgan fingerprint density at radius 2 is 2.12 bits per heavy atom.